The number of hydrogen-bond donors (Lipinski definition) is 2. The first-order chi connectivity index (χ1) is 9.54. The second-order valence-electron chi connectivity index (χ2n) is 5.12. The van der Waals surface area contributed by atoms with Crippen LogP contribution in [0, 0.1) is 5.92 Å². The van der Waals surface area contributed by atoms with E-state index in [9.17, 15) is 9.59 Å². The van der Waals surface area contributed by atoms with Crippen molar-refractivity contribution >= 4 is 11.8 Å². The van der Waals surface area contributed by atoms with Crippen LogP contribution in [0.15, 0.2) is 18.3 Å². The van der Waals surface area contributed by atoms with E-state index in [4.69, 9.17) is 0 Å². The van der Waals surface area contributed by atoms with E-state index in [1.165, 1.54) is 12.3 Å². The number of aromatic nitrogens is 1. The van der Waals surface area contributed by atoms with Gasteiger partial charge in [0, 0.05) is 24.8 Å². The first kappa shape index (κ1) is 16.1. The molecule has 1 aromatic rings. The molecule has 0 bridgehead atoms. The fraction of sp³-hybridized carbons (Fsp3) is 0.533. The van der Waals surface area contributed by atoms with Gasteiger partial charge in [-0.2, -0.15) is 0 Å². The summed E-state index contributed by atoms with van der Waals surface area (Å²) in [4.78, 5) is 27.7. The van der Waals surface area contributed by atoms with Crippen LogP contribution in [0.25, 0.3) is 0 Å². The van der Waals surface area contributed by atoms with Crippen molar-refractivity contribution in [2.75, 3.05) is 13.1 Å². The fourth-order valence-corrected chi connectivity index (χ4v) is 1.60. The topological polar surface area (TPSA) is 71.1 Å². The Morgan fingerprint density at radius 1 is 1.20 bits per heavy atom. The Morgan fingerprint density at radius 2 is 1.90 bits per heavy atom. The summed E-state index contributed by atoms with van der Waals surface area (Å²) < 4.78 is 0. The lowest BCUT2D eigenvalue weighted by Gasteiger charge is -2.08. The minimum absolute atomic E-state index is 0.169. The van der Waals surface area contributed by atoms with Gasteiger partial charge >= 0.3 is 0 Å². The zero-order chi connectivity index (χ0) is 15.0. The van der Waals surface area contributed by atoms with Gasteiger partial charge < -0.3 is 10.6 Å². The zero-order valence-electron chi connectivity index (χ0n) is 12.4. The molecule has 0 spiro atoms. The summed E-state index contributed by atoms with van der Waals surface area (Å²) >= 11 is 0. The van der Waals surface area contributed by atoms with Crippen LogP contribution in [0.3, 0.4) is 0 Å². The lowest BCUT2D eigenvalue weighted by Crippen LogP contribution is -2.27. The molecule has 2 amide bonds. The van der Waals surface area contributed by atoms with Gasteiger partial charge in [0.15, 0.2) is 0 Å². The van der Waals surface area contributed by atoms with Gasteiger partial charge in [0.2, 0.25) is 0 Å². The standard InChI is InChI=1S/C15H23N3O2/c1-4-7-17-15(20)13-10-12(6-9-16-13)14(19)18-8-5-11(2)3/h6,9-11H,4-5,7-8H2,1-3H3,(H,17,20)(H,18,19). The largest absolute Gasteiger partial charge is 0.352 e. The molecule has 0 aliphatic rings. The normalized spacial score (nSPS) is 10.4. The minimum Gasteiger partial charge on any atom is -0.352 e. The Kier molecular flexibility index (Phi) is 6.70. The van der Waals surface area contributed by atoms with Crippen molar-refractivity contribution in [2.24, 2.45) is 5.92 Å². The third-order valence-electron chi connectivity index (χ3n) is 2.80. The lowest BCUT2D eigenvalue weighted by molar-refractivity contribution is 0.0948. The van der Waals surface area contributed by atoms with E-state index < -0.39 is 0 Å². The zero-order valence-corrected chi connectivity index (χ0v) is 12.4. The third kappa shape index (κ3) is 5.38. The highest BCUT2D eigenvalue weighted by Crippen LogP contribution is 2.03. The van der Waals surface area contributed by atoms with E-state index >= 15 is 0 Å². The van der Waals surface area contributed by atoms with Gasteiger partial charge in [0.1, 0.15) is 5.69 Å². The highest BCUT2D eigenvalue weighted by atomic mass is 16.2. The van der Waals surface area contributed by atoms with Crippen molar-refractivity contribution in [3.63, 3.8) is 0 Å². The SMILES string of the molecule is CCCNC(=O)c1cc(C(=O)NCCC(C)C)ccn1. The summed E-state index contributed by atoms with van der Waals surface area (Å²) in [5.41, 5.74) is 0.736. The van der Waals surface area contributed by atoms with Gasteiger partial charge in [-0.25, -0.2) is 0 Å². The summed E-state index contributed by atoms with van der Waals surface area (Å²) in [5, 5.41) is 5.58. The predicted octanol–water partition coefficient (Wildman–Crippen LogP) is 2.00. The van der Waals surface area contributed by atoms with Gasteiger partial charge in [0.25, 0.3) is 11.8 Å². The van der Waals surface area contributed by atoms with Gasteiger partial charge in [0.05, 0.1) is 0 Å². The molecule has 5 heteroatoms. The molecular formula is C15H23N3O2. The number of nitrogens with one attached hydrogen (secondary N) is 2. The van der Waals surface area contributed by atoms with Crippen LogP contribution in [0.1, 0.15) is 54.5 Å². The molecule has 1 heterocycles. The number of carbonyl (C=O) groups is 2. The van der Waals surface area contributed by atoms with Crippen LogP contribution in [0.5, 0.6) is 0 Å². The summed E-state index contributed by atoms with van der Waals surface area (Å²) in [6, 6.07) is 3.14. The average Bonchev–Trinajstić information content (AvgIpc) is 2.44. The molecule has 0 radical (unpaired) electrons. The monoisotopic (exact) mass is 277 g/mol. The third-order valence-corrected chi connectivity index (χ3v) is 2.80. The highest BCUT2D eigenvalue weighted by molar-refractivity contribution is 5.98. The number of nitrogens with zero attached hydrogens (tertiary/aromatic N) is 1. The van der Waals surface area contributed by atoms with Gasteiger partial charge in [-0.15, -0.1) is 0 Å². The summed E-state index contributed by atoms with van der Waals surface area (Å²) in [6.45, 7) is 7.43. The van der Waals surface area contributed by atoms with E-state index in [0.717, 1.165) is 12.8 Å². The Hall–Kier alpha value is -1.91. The summed E-state index contributed by atoms with van der Waals surface area (Å²) in [6.07, 6.45) is 3.28. The molecule has 0 aliphatic carbocycles. The smallest absolute Gasteiger partial charge is 0.269 e. The summed E-state index contributed by atoms with van der Waals surface area (Å²) in [7, 11) is 0. The molecule has 1 rings (SSSR count). The molecule has 20 heavy (non-hydrogen) atoms. The van der Waals surface area contributed by atoms with Crippen molar-refractivity contribution in [2.45, 2.75) is 33.6 Å². The Morgan fingerprint density at radius 3 is 2.55 bits per heavy atom. The van der Waals surface area contributed by atoms with Crippen LogP contribution in [0.4, 0.5) is 0 Å². The Balaban J connectivity index is 2.62. The number of pyridine rings is 1. The van der Waals surface area contributed by atoms with Gasteiger partial charge in [-0.3, -0.25) is 14.6 Å². The first-order valence-electron chi connectivity index (χ1n) is 7.07. The van der Waals surface area contributed by atoms with E-state index in [2.05, 4.69) is 29.5 Å². The fourth-order valence-electron chi connectivity index (χ4n) is 1.60. The molecule has 0 saturated carbocycles. The van der Waals surface area contributed by atoms with Crippen LogP contribution in [-0.4, -0.2) is 29.9 Å². The molecule has 0 atom stereocenters. The highest BCUT2D eigenvalue weighted by Gasteiger charge is 2.11. The van der Waals surface area contributed by atoms with Gasteiger partial charge in [-0.05, 0) is 30.9 Å². The molecular weight excluding hydrogens is 254 g/mol. The van der Waals surface area contributed by atoms with Crippen LogP contribution in [0.2, 0.25) is 0 Å². The summed E-state index contributed by atoms with van der Waals surface area (Å²) in [5.74, 6) is 0.129. The van der Waals surface area contributed by atoms with Crippen molar-refractivity contribution in [3.8, 4) is 0 Å². The number of carbonyl (C=O) groups excluding carboxylic acids is 2. The lowest BCUT2D eigenvalue weighted by atomic mass is 10.1. The van der Waals surface area contributed by atoms with Crippen molar-refractivity contribution in [1.82, 2.24) is 15.6 Å². The van der Waals surface area contributed by atoms with Crippen molar-refractivity contribution in [1.29, 1.82) is 0 Å². The maximum atomic E-state index is 11.9. The van der Waals surface area contributed by atoms with Crippen molar-refractivity contribution in [3.05, 3.63) is 29.6 Å². The first-order valence-corrected chi connectivity index (χ1v) is 7.07. The van der Waals surface area contributed by atoms with Crippen molar-refractivity contribution < 1.29 is 9.59 Å². The van der Waals surface area contributed by atoms with E-state index in [1.807, 2.05) is 6.92 Å². The maximum Gasteiger partial charge on any atom is 0.269 e. The van der Waals surface area contributed by atoms with E-state index in [-0.39, 0.29) is 17.5 Å². The Bertz CT molecular complexity index is 458. The molecule has 2 N–H and O–H groups in total. The van der Waals surface area contributed by atoms with E-state index in [1.54, 1.807) is 6.07 Å². The Labute approximate surface area is 120 Å². The molecule has 0 aromatic carbocycles. The van der Waals surface area contributed by atoms with Crippen LogP contribution in [-0.2, 0) is 0 Å². The number of amides is 2. The van der Waals surface area contributed by atoms with Crippen LogP contribution < -0.4 is 10.6 Å². The molecule has 0 fully saturated rings. The predicted molar refractivity (Wildman–Crippen MR) is 78.6 cm³/mol. The second kappa shape index (κ2) is 8.30. The van der Waals surface area contributed by atoms with Gasteiger partial charge in [-0.1, -0.05) is 20.8 Å². The average molecular weight is 277 g/mol. The molecule has 110 valence electrons. The quantitative estimate of drug-likeness (QED) is 0.800. The van der Waals surface area contributed by atoms with E-state index in [0.29, 0.717) is 24.6 Å². The molecule has 5 nitrogen and oxygen atoms in total. The molecule has 0 unspecified atom stereocenters. The molecule has 0 aliphatic heterocycles. The molecule has 0 saturated heterocycles. The number of hydrogen-bond acceptors (Lipinski definition) is 3. The minimum atomic E-state index is -0.247. The maximum absolute atomic E-state index is 11.9. The molecule has 1 aromatic heterocycles. The van der Waals surface area contributed by atoms with Crippen LogP contribution >= 0.6 is 0 Å². The number of rotatable bonds is 7. The second-order valence-corrected chi connectivity index (χ2v) is 5.12.